The van der Waals surface area contributed by atoms with Crippen molar-refractivity contribution in [3.8, 4) is 0 Å². The lowest BCUT2D eigenvalue weighted by atomic mass is 9.75. The van der Waals surface area contributed by atoms with Gasteiger partial charge in [0.1, 0.15) is 0 Å². The fourth-order valence-corrected chi connectivity index (χ4v) is 4.10. The Hall–Kier alpha value is -1.64. The van der Waals surface area contributed by atoms with Crippen molar-refractivity contribution in [3.05, 3.63) is 35.4 Å². The molecule has 1 aliphatic carbocycles. The summed E-state index contributed by atoms with van der Waals surface area (Å²) in [6, 6.07) is 7.91. The zero-order chi connectivity index (χ0) is 18.9. The van der Waals surface area contributed by atoms with E-state index in [4.69, 9.17) is 4.74 Å². The topological polar surface area (TPSA) is 43.4 Å². The summed E-state index contributed by atoms with van der Waals surface area (Å²) >= 11 is 0. The minimum absolute atomic E-state index is 0.0684. The standard InChI is InChI=1S/C23H34O3/c1-4-6-12-22(24)26-17(3)23(25)21-11-8-7-10-20(21)19-15-13-18(9-5-2)14-16-19/h7-8,10-11,17-19H,4-6,9,12-16H2,1-3H3. The van der Waals surface area contributed by atoms with Crippen LogP contribution in [0.15, 0.2) is 24.3 Å². The van der Waals surface area contributed by atoms with E-state index in [2.05, 4.69) is 13.0 Å². The fraction of sp³-hybridized carbons (Fsp3) is 0.652. The average Bonchev–Trinajstić information content (AvgIpc) is 2.66. The second-order valence-corrected chi connectivity index (χ2v) is 7.69. The number of Topliss-reactive ketones (excluding diaryl/α,β-unsaturated/α-hetero) is 1. The summed E-state index contributed by atoms with van der Waals surface area (Å²) in [5.41, 5.74) is 1.88. The number of hydrogen-bond acceptors (Lipinski definition) is 3. The molecule has 26 heavy (non-hydrogen) atoms. The minimum Gasteiger partial charge on any atom is -0.454 e. The van der Waals surface area contributed by atoms with Crippen LogP contribution in [0.1, 0.15) is 100 Å². The largest absolute Gasteiger partial charge is 0.454 e. The van der Waals surface area contributed by atoms with Crippen LogP contribution in [0.5, 0.6) is 0 Å². The van der Waals surface area contributed by atoms with Crippen LogP contribution in [0.3, 0.4) is 0 Å². The Morgan fingerprint density at radius 1 is 1.08 bits per heavy atom. The molecule has 0 bridgehead atoms. The summed E-state index contributed by atoms with van der Waals surface area (Å²) in [5.74, 6) is 0.954. The Morgan fingerprint density at radius 2 is 1.77 bits per heavy atom. The number of rotatable bonds is 9. The van der Waals surface area contributed by atoms with Gasteiger partial charge in [0.15, 0.2) is 6.10 Å². The monoisotopic (exact) mass is 358 g/mol. The summed E-state index contributed by atoms with van der Waals surface area (Å²) in [6.45, 7) is 5.98. The van der Waals surface area contributed by atoms with Gasteiger partial charge < -0.3 is 4.74 Å². The van der Waals surface area contributed by atoms with E-state index in [0.717, 1.165) is 42.7 Å². The highest BCUT2D eigenvalue weighted by Gasteiger charge is 2.27. The van der Waals surface area contributed by atoms with Crippen molar-refractivity contribution in [2.75, 3.05) is 0 Å². The van der Waals surface area contributed by atoms with Crippen LogP contribution >= 0.6 is 0 Å². The molecule has 1 aliphatic rings. The number of hydrogen-bond donors (Lipinski definition) is 0. The normalized spacial score (nSPS) is 21.2. The predicted molar refractivity (Wildman–Crippen MR) is 105 cm³/mol. The molecule has 1 unspecified atom stereocenters. The van der Waals surface area contributed by atoms with Gasteiger partial charge in [-0.1, -0.05) is 57.4 Å². The van der Waals surface area contributed by atoms with Crippen LogP contribution in [-0.4, -0.2) is 17.9 Å². The molecule has 1 fully saturated rings. The van der Waals surface area contributed by atoms with Gasteiger partial charge in [-0.15, -0.1) is 0 Å². The Morgan fingerprint density at radius 3 is 2.42 bits per heavy atom. The lowest BCUT2D eigenvalue weighted by Gasteiger charge is -2.30. The molecular weight excluding hydrogens is 324 g/mol. The zero-order valence-electron chi connectivity index (χ0n) is 16.6. The van der Waals surface area contributed by atoms with Crippen LogP contribution in [-0.2, 0) is 9.53 Å². The van der Waals surface area contributed by atoms with Crippen molar-refractivity contribution in [3.63, 3.8) is 0 Å². The highest BCUT2D eigenvalue weighted by Crippen LogP contribution is 2.38. The Kier molecular flexibility index (Phi) is 8.34. The highest BCUT2D eigenvalue weighted by molar-refractivity contribution is 6.01. The highest BCUT2D eigenvalue weighted by atomic mass is 16.5. The first-order valence-electron chi connectivity index (χ1n) is 10.4. The van der Waals surface area contributed by atoms with Gasteiger partial charge in [0, 0.05) is 12.0 Å². The summed E-state index contributed by atoms with van der Waals surface area (Å²) in [7, 11) is 0. The molecule has 0 aliphatic heterocycles. The van der Waals surface area contributed by atoms with E-state index in [1.165, 1.54) is 25.7 Å². The van der Waals surface area contributed by atoms with Crippen LogP contribution in [0.4, 0.5) is 0 Å². The zero-order valence-corrected chi connectivity index (χ0v) is 16.6. The average molecular weight is 359 g/mol. The van der Waals surface area contributed by atoms with E-state index in [-0.39, 0.29) is 11.8 Å². The van der Waals surface area contributed by atoms with Gasteiger partial charge in [-0.25, -0.2) is 0 Å². The van der Waals surface area contributed by atoms with Crippen molar-refractivity contribution < 1.29 is 14.3 Å². The smallest absolute Gasteiger partial charge is 0.306 e. The molecular formula is C23H34O3. The van der Waals surface area contributed by atoms with Crippen LogP contribution in [0.25, 0.3) is 0 Å². The van der Waals surface area contributed by atoms with E-state index in [9.17, 15) is 9.59 Å². The molecule has 0 heterocycles. The van der Waals surface area contributed by atoms with Gasteiger partial charge in [-0.05, 0) is 56.4 Å². The summed E-state index contributed by atoms with van der Waals surface area (Å²) in [6.07, 6.45) is 8.81. The first-order chi connectivity index (χ1) is 12.6. The Labute approximate surface area is 158 Å². The van der Waals surface area contributed by atoms with Crippen LogP contribution in [0.2, 0.25) is 0 Å². The first-order valence-corrected chi connectivity index (χ1v) is 10.4. The molecule has 1 aromatic rings. The van der Waals surface area contributed by atoms with E-state index in [1.807, 2.05) is 25.1 Å². The number of carbonyl (C=O) groups excluding carboxylic acids is 2. The molecule has 144 valence electrons. The van der Waals surface area contributed by atoms with Crippen LogP contribution in [0, 0.1) is 5.92 Å². The summed E-state index contributed by atoms with van der Waals surface area (Å²) in [4.78, 5) is 24.8. The second kappa shape index (κ2) is 10.5. The minimum atomic E-state index is -0.711. The van der Waals surface area contributed by atoms with E-state index in [1.54, 1.807) is 6.92 Å². The molecule has 1 atom stereocenters. The molecule has 2 rings (SSSR count). The van der Waals surface area contributed by atoms with Gasteiger partial charge in [-0.2, -0.15) is 0 Å². The fourth-order valence-electron chi connectivity index (χ4n) is 4.10. The molecule has 3 nitrogen and oxygen atoms in total. The maximum atomic E-state index is 12.9. The van der Waals surface area contributed by atoms with E-state index in [0.29, 0.717) is 12.3 Å². The molecule has 1 aromatic carbocycles. The molecule has 0 amide bonds. The number of ether oxygens (including phenoxy) is 1. The van der Waals surface area contributed by atoms with Crippen molar-refractivity contribution in [2.45, 2.75) is 90.6 Å². The van der Waals surface area contributed by atoms with Crippen molar-refractivity contribution in [1.29, 1.82) is 0 Å². The number of ketones is 1. The SMILES string of the molecule is CCCCC(=O)OC(C)C(=O)c1ccccc1C1CCC(CCC)CC1. The van der Waals surface area contributed by atoms with Gasteiger partial charge in [-0.3, -0.25) is 9.59 Å². The van der Waals surface area contributed by atoms with Crippen molar-refractivity contribution in [1.82, 2.24) is 0 Å². The van der Waals surface area contributed by atoms with Crippen molar-refractivity contribution in [2.24, 2.45) is 5.92 Å². The number of benzene rings is 1. The lowest BCUT2D eigenvalue weighted by Crippen LogP contribution is -2.26. The maximum Gasteiger partial charge on any atom is 0.306 e. The number of esters is 1. The van der Waals surface area contributed by atoms with E-state index >= 15 is 0 Å². The van der Waals surface area contributed by atoms with Crippen molar-refractivity contribution >= 4 is 11.8 Å². The summed E-state index contributed by atoms with van der Waals surface area (Å²) in [5, 5.41) is 0. The first kappa shape index (κ1) is 20.7. The Bertz CT molecular complexity index is 585. The van der Waals surface area contributed by atoms with Gasteiger partial charge in [0.2, 0.25) is 5.78 Å². The second-order valence-electron chi connectivity index (χ2n) is 7.69. The molecule has 3 heteroatoms. The van der Waals surface area contributed by atoms with Gasteiger partial charge >= 0.3 is 5.97 Å². The van der Waals surface area contributed by atoms with Crippen LogP contribution < -0.4 is 0 Å². The molecule has 0 radical (unpaired) electrons. The number of carbonyl (C=O) groups is 2. The third-order valence-electron chi connectivity index (χ3n) is 5.62. The lowest BCUT2D eigenvalue weighted by molar-refractivity contribution is -0.146. The molecule has 0 N–H and O–H groups in total. The molecule has 0 saturated heterocycles. The Balaban J connectivity index is 2.03. The quantitative estimate of drug-likeness (QED) is 0.398. The third-order valence-corrected chi connectivity index (χ3v) is 5.62. The molecule has 1 saturated carbocycles. The summed E-state index contributed by atoms with van der Waals surface area (Å²) < 4.78 is 5.37. The maximum absolute atomic E-state index is 12.9. The molecule has 0 aromatic heterocycles. The third kappa shape index (κ3) is 5.69. The predicted octanol–water partition coefficient (Wildman–Crippen LogP) is 6.07. The number of unbranched alkanes of at least 4 members (excludes halogenated alkanes) is 1. The van der Waals surface area contributed by atoms with E-state index < -0.39 is 6.10 Å². The van der Waals surface area contributed by atoms with Gasteiger partial charge in [0.25, 0.3) is 0 Å². The molecule has 0 spiro atoms. The van der Waals surface area contributed by atoms with Gasteiger partial charge in [0.05, 0.1) is 0 Å².